The maximum atomic E-state index is 13.6. The van der Waals surface area contributed by atoms with Crippen molar-refractivity contribution in [2.75, 3.05) is 19.8 Å². The SMILES string of the molecule is CCOC(=O)/C=C/C(C(=C\[P+](c1ccccc1)(c1ccccc1)c1ccccc1)/C(=O)OCC)=C(/O)OCC. The van der Waals surface area contributed by atoms with E-state index in [-0.39, 0.29) is 31.0 Å². The molecule has 0 aliphatic rings. The fourth-order valence-electron chi connectivity index (χ4n) is 4.13. The molecule has 0 spiro atoms. The van der Waals surface area contributed by atoms with Crippen LogP contribution in [0, 0.1) is 0 Å². The molecule has 7 heteroatoms. The van der Waals surface area contributed by atoms with Gasteiger partial charge in [-0.3, -0.25) is 0 Å². The van der Waals surface area contributed by atoms with Gasteiger partial charge in [-0.2, -0.15) is 0 Å². The van der Waals surface area contributed by atoms with Crippen molar-refractivity contribution < 1.29 is 28.9 Å². The lowest BCUT2D eigenvalue weighted by molar-refractivity contribution is -0.138. The van der Waals surface area contributed by atoms with E-state index in [0.717, 1.165) is 22.0 Å². The maximum absolute atomic E-state index is 13.6. The lowest BCUT2D eigenvalue weighted by Gasteiger charge is -2.25. The monoisotopic (exact) mass is 545 g/mol. The van der Waals surface area contributed by atoms with Crippen molar-refractivity contribution >= 4 is 35.1 Å². The molecule has 0 saturated carbocycles. The first-order valence-corrected chi connectivity index (χ1v) is 14.7. The van der Waals surface area contributed by atoms with Crippen molar-refractivity contribution in [1.82, 2.24) is 0 Å². The van der Waals surface area contributed by atoms with Crippen LogP contribution in [0.3, 0.4) is 0 Å². The number of aliphatic hydroxyl groups excluding tert-OH is 1. The Hall–Kier alpha value is -4.15. The van der Waals surface area contributed by atoms with Crippen molar-refractivity contribution in [3.05, 3.63) is 126 Å². The summed E-state index contributed by atoms with van der Waals surface area (Å²) in [6, 6.07) is 29.8. The van der Waals surface area contributed by atoms with Gasteiger partial charge in [-0.1, -0.05) is 54.6 Å². The Labute approximate surface area is 230 Å². The molecule has 3 rings (SSSR count). The van der Waals surface area contributed by atoms with Crippen LogP contribution in [0.4, 0.5) is 0 Å². The minimum Gasteiger partial charge on any atom is -0.481 e. The van der Waals surface area contributed by atoms with E-state index in [1.165, 1.54) is 6.08 Å². The van der Waals surface area contributed by atoms with Crippen molar-refractivity contribution in [3.8, 4) is 0 Å². The van der Waals surface area contributed by atoms with E-state index < -0.39 is 25.1 Å². The number of rotatable bonds is 12. The summed E-state index contributed by atoms with van der Waals surface area (Å²) in [5.74, 6) is 0.118. The molecule has 0 saturated heterocycles. The highest BCUT2D eigenvalue weighted by Crippen LogP contribution is 2.58. The molecule has 39 heavy (non-hydrogen) atoms. The van der Waals surface area contributed by atoms with Gasteiger partial charge >= 0.3 is 11.9 Å². The Morgan fingerprint density at radius 3 is 1.51 bits per heavy atom. The Bertz CT molecular complexity index is 1220. The minimum atomic E-state index is -2.67. The molecule has 202 valence electrons. The normalized spacial score (nSPS) is 12.5. The highest BCUT2D eigenvalue weighted by molar-refractivity contribution is 7.98. The van der Waals surface area contributed by atoms with E-state index in [1.807, 2.05) is 96.8 Å². The quantitative estimate of drug-likeness (QED) is 0.109. The van der Waals surface area contributed by atoms with Gasteiger partial charge in [0.2, 0.25) is 0 Å². The zero-order valence-corrected chi connectivity index (χ0v) is 23.3. The lowest BCUT2D eigenvalue weighted by atomic mass is 10.1. The molecule has 0 fully saturated rings. The molecular formula is C32H34O6P+. The van der Waals surface area contributed by atoms with Gasteiger partial charge in [-0.05, 0) is 63.2 Å². The molecule has 0 aliphatic carbocycles. The second-order valence-corrected chi connectivity index (χ2v) is 11.5. The van der Waals surface area contributed by atoms with Crippen molar-refractivity contribution in [2.45, 2.75) is 20.8 Å². The van der Waals surface area contributed by atoms with Crippen LogP contribution in [0.2, 0.25) is 0 Å². The highest BCUT2D eigenvalue weighted by atomic mass is 31.2. The Balaban J connectivity index is 2.46. The molecular weight excluding hydrogens is 511 g/mol. The van der Waals surface area contributed by atoms with Gasteiger partial charge in [-0.15, -0.1) is 0 Å². The van der Waals surface area contributed by atoms with Crippen LogP contribution < -0.4 is 15.9 Å². The average Bonchev–Trinajstić information content (AvgIpc) is 2.96. The molecule has 0 amide bonds. The molecule has 0 radical (unpaired) electrons. The van der Waals surface area contributed by atoms with E-state index >= 15 is 0 Å². The number of esters is 2. The van der Waals surface area contributed by atoms with Crippen LogP contribution in [-0.2, 0) is 23.8 Å². The highest BCUT2D eigenvalue weighted by Gasteiger charge is 2.45. The number of hydrogen-bond donors (Lipinski definition) is 1. The van der Waals surface area contributed by atoms with Crippen molar-refractivity contribution in [2.24, 2.45) is 0 Å². The predicted octanol–water partition coefficient (Wildman–Crippen LogP) is 5.35. The summed E-state index contributed by atoms with van der Waals surface area (Å²) >= 11 is 0. The molecule has 0 heterocycles. The van der Waals surface area contributed by atoms with Crippen LogP contribution in [0.1, 0.15) is 20.8 Å². The number of hydrogen-bond acceptors (Lipinski definition) is 6. The van der Waals surface area contributed by atoms with Crippen LogP contribution in [0.5, 0.6) is 0 Å². The van der Waals surface area contributed by atoms with Gasteiger partial charge in [0.15, 0.2) is 0 Å². The minimum absolute atomic E-state index is 0.0236. The molecule has 3 aromatic rings. The summed E-state index contributed by atoms with van der Waals surface area (Å²) < 4.78 is 15.9. The fourth-order valence-corrected chi connectivity index (χ4v) is 8.03. The summed E-state index contributed by atoms with van der Waals surface area (Å²) in [6.45, 7) is 5.58. The number of benzene rings is 3. The maximum Gasteiger partial charge on any atom is 0.342 e. The molecule has 3 aromatic carbocycles. The van der Waals surface area contributed by atoms with Gasteiger partial charge in [0, 0.05) is 6.08 Å². The average molecular weight is 546 g/mol. The van der Waals surface area contributed by atoms with Crippen LogP contribution in [-0.4, -0.2) is 36.9 Å². The van der Waals surface area contributed by atoms with Crippen molar-refractivity contribution in [3.63, 3.8) is 0 Å². The van der Waals surface area contributed by atoms with Crippen LogP contribution in [0.15, 0.2) is 126 Å². The van der Waals surface area contributed by atoms with Gasteiger partial charge in [0.1, 0.15) is 28.7 Å². The molecule has 0 unspecified atom stereocenters. The standard InChI is InChI=1S/C32H33O6P/c1-4-36-30(33)23-22-28(31(34)37-5-2)29(32(35)38-6-3)24-39(25-16-10-7-11-17-25,26-18-12-8-13-19-26)27-20-14-9-15-21-27/h7-24H,4-6H2,1-3H3/p+1/b29-24+. The van der Waals surface area contributed by atoms with E-state index in [0.29, 0.717) is 0 Å². The van der Waals surface area contributed by atoms with Gasteiger partial charge in [-0.25, -0.2) is 9.59 Å². The Kier molecular flexibility index (Phi) is 11.1. The van der Waals surface area contributed by atoms with E-state index in [1.54, 1.807) is 20.8 Å². The summed E-state index contributed by atoms with van der Waals surface area (Å²) in [7, 11) is -2.67. The van der Waals surface area contributed by atoms with E-state index in [4.69, 9.17) is 14.2 Å². The zero-order chi connectivity index (χ0) is 28.1. The number of carbonyl (C=O) groups excluding carboxylic acids is 2. The first-order chi connectivity index (χ1) is 19.0. The summed E-state index contributed by atoms with van der Waals surface area (Å²) in [5, 5.41) is 13.9. The second kappa shape index (κ2) is 14.7. The third-order valence-electron chi connectivity index (χ3n) is 5.78. The fraction of sp³-hybridized carbons (Fsp3) is 0.188. The Morgan fingerprint density at radius 1 is 0.667 bits per heavy atom. The van der Waals surface area contributed by atoms with E-state index in [2.05, 4.69) is 0 Å². The largest absolute Gasteiger partial charge is 0.481 e. The summed E-state index contributed by atoms with van der Waals surface area (Å²) in [6.07, 6.45) is 2.50. The second-order valence-electron chi connectivity index (χ2n) is 8.23. The van der Waals surface area contributed by atoms with Gasteiger partial charge in [0.25, 0.3) is 5.95 Å². The summed E-state index contributed by atoms with van der Waals surface area (Å²) in [5.41, 5.74) is 0.101. The molecule has 0 atom stereocenters. The molecule has 6 nitrogen and oxygen atoms in total. The van der Waals surface area contributed by atoms with Gasteiger partial charge < -0.3 is 19.3 Å². The number of carbonyl (C=O) groups is 2. The number of ether oxygens (including phenoxy) is 3. The molecule has 0 bridgehead atoms. The first-order valence-electron chi connectivity index (χ1n) is 12.8. The molecule has 1 N–H and O–H groups in total. The summed E-state index contributed by atoms with van der Waals surface area (Å²) in [4.78, 5) is 25.8. The molecule has 0 aliphatic heterocycles. The van der Waals surface area contributed by atoms with Crippen LogP contribution >= 0.6 is 7.26 Å². The third kappa shape index (κ3) is 7.24. The topological polar surface area (TPSA) is 82.1 Å². The Morgan fingerprint density at radius 2 is 1.10 bits per heavy atom. The smallest absolute Gasteiger partial charge is 0.342 e. The number of aliphatic hydroxyl groups is 1. The molecule has 0 aromatic heterocycles. The predicted molar refractivity (Wildman–Crippen MR) is 157 cm³/mol. The van der Waals surface area contributed by atoms with Gasteiger partial charge in [0.05, 0.1) is 31.2 Å². The third-order valence-corrected chi connectivity index (χ3v) is 9.77. The lowest BCUT2D eigenvalue weighted by Crippen LogP contribution is -2.30. The zero-order valence-electron chi connectivity index (χ0n) is 22.4. The van der Waals surface area contributed by atoms with Crippen molar-refractivity contribution in [1.29, 1.82) is 0 Å². The number of allylic oxidation sites excluding steroid dienone is 1. The van der Waals surface area contributed by atoms with E-state index in [9.17, 15) is 14.7 Å². The van der Waals surface area contributed by atoms with Crippen LogP contribution in [0.25, 0.3) is 0 Å². The first kappa shape index (κ1) is 29.4.